The van der Waals surface area contributed by atoms with E-state index in [4.69, 9.17) is 0 Å². The minimum Gasteiger partial charge on any atom is -0.360 e. The van der Waals surface area contributed by atoms with Crippen LogP contribution >= 0.6 is 0 Å². The SMILES string of the molecule is c1cnc2[nH]ncc2c1.c1cnc2cc[nH]c2c1. The van der Waals surface area contributed by atoms with Crippen molar-refractivity contribution in [3.05, 3.63) is 55.1 Å². The first-order valence-electron chi connectivity index (χ1n) is 5.56. The Bertz CT molecular complexity index is 629. The van der Waals surface area contributed by atoms with Crippen molar-refractivity contribution < 1.29 is 0 Å². The molecule has 5 heteroatoms. The molecule has 0 saturated heterocycles. The lowest BCUT2D eigenvalue weighted by Crippen LogP contribution is -1.71. The summed E-state index contributed by atoms with van der Waals surface area (Å²) in [5.74, 6) is 0. The van der Waals surface area contributed by atoms with Crippen LogP contribution in [0.5, 0.6) is 0 Å². The molecular formula is C13H11N5. The number of fused-ring (bicyclic) bond motifs is 2. The summed E-state index contributed by atoms with van der Waals surface area (Å²) in [6, 6.07) is 9.72. The second-order valence-electron chi connectivity index (χ2n) is 3.73. The van der Waals surface area contributed by atoms with Gasteiger partial charge in [-0.2, -0.15) is 5.10 Å². The quantitative estimate of drug-likeness (QED) is 0.493. The van der Waals surface area contributed by atoms with Gasteiger partial charge < -0.3 is 4.98 Å². The number of rotatable bonds is 0. The van der Waals surface area contributed by atoms with E-state index >= 15 is 0 Å². The molecule has 4 heterocycles. The number of H-pyrrole nitrogens is 2. The number of aromatic nitrogens is 5. The van der Waals surface area contributed by atoms with Crippen LogP contribution in [0.25, 0.3) is 22.1 Å². The molecule has 2 N–H and O–H groups in total. The predicted molar refractivity (Wildman–Crippen MR) is 70.0 cm³/mol. The highest BCUT2D eigenvalue weighted by Gasteiger charge is 1.90. The topological polar surface area (TPSA) is 70.2 Å². The minimum absolute atomic E-state index is 0.845. The Hall–Kier alpha value is -2.69. The highest BCUT2D eigenvalue weighted by atomic mass is 15.1. The number of hydrogen-bond acceptors (Lipinski definition) is 3. The third-order valence-corrected chi connectivity index (χ3v) is 2.53. The average molecular weight is 237 g/mol. The molecule has 4 aromatic rings. The lowest BCUT2D eigenvalue weighted by Gasteiger charge is -1.82. The molecular weight excluding hydrogens is 226 g/mol. The molecule has 4 rings (SSSR count). The summed E-state index contributed by atoms with van der Waals surface area (Å²) in [5.41, 5.74) is 2.97. The van der Waals surface area contributed by atoms with E-state index in [0.717, 1.165) is 22.1 Å². The fraction of sp³-hybridized carbons (Fsp3) is 0. The highest BCUT2D eigenvalue weighted by Crippen LogP contribution is 2.05. The van der Waals surface area contributed by atoms with Crippen LogP contribution in [0.1, 0.15) is 0 Å². The van der Waals surface area contributed by atoms with Crippen LogP contribution in [0.3, 0.4) is 0 Å². The van der Waals surface area contributed by atoms with Gasteiger partial charge in [-0.1, -0.05) is 0 Å². The van der Waals surface area contributed by atoms with Crippen molar-refractivity contribution in [3.63, 3.8) is 0 Å². The molecule has 0 aliphatic carbocycles. The number of hydrogen-bond donors (Lipinski definition) is 2. The molecule has 0 aliphatic heterocycles. The lowest BCUT2D eigenvalue weighted by molar-refractivity contribution is 1.10. The summed E-state index contributed by atoms with van der Waals surface area (Å²) >= 11 is 0. The Morgan fingerprint density at radius 2 is 1.83 bits per heavy atom. The molecule has 4 aromatic heterocycles. The molecule has 0 unspecified atom stereocenters. The maximum atomic E-state index is 4.11. The van der Waals surface area contributed by atoms with Crippen LogP contribution in [0.4, 0.5) is 0 Å². The van der Waals surface area contributed by atoms with Crippen molar-refractivity contribution in [1.82, 2.24) is 25.1 Å². The highest BCUT2D eigenvalue weighted by molar-refractivity contribution is 5.74. The van der Waals surface area contributed by atoms with Gasteiger partial charge in [-0.05, 0) is 30.3 Å². The maximum Gasteiger partial charge on any atom is 0.155 e. The number of nitrogens with one attached hydrogen (secondary N) is 2. The summed E-state index contributed by atoms with van der Waals surface area (Å²) < 4.78 is 0. The molecule has 0 atom stereocenters. The van der Waals surface area contributed by atoms with E-state index in [-0.39, 0.29) is 0 Å². The smallest absolute Gasteiger partial charge is 0.155 e. The second-order valence-corrected chi connectivity index (χ2v) is 3.73. The van der Waals surface area contributed by atoms with E-state index < -0.39 is 0 Å². The Morgan fingerprint density at radius 3 is 2.72 bits per heavy atom. The lowest BCUT2D eigenvalue weighted by atomic mass is 10.4. The van der Waals surface area contributed by atoms with Crippen molar-refractivity contribution in [1.29, 1.82) is 0 Å². The van der Waals surface area contributed by atoms with E-state index in [1.54, 1.807) is 18.6 Å². The van der Waals surface area contributed by atoms with Gasteiger partial charge in [0.25, 0.3) is 0 Å². The van der Waals surface area contributed by atoms with E-state index in [9.17, 15) is 0 Å². The van der Waals surface area contributed by atoms with Gasteiger partial charge in [0.15, 0.2) is 5.65 Å². The summed E-state index contributed by atoms with van der Waals surface area (Å²) in [4.78, 5) is 11.2. The van der Waals surface area contributed by atoms with Gasteiger partial charge in [0, 0.05) is 24.0 Å². The second kappa shape index (κ2) is 4.67. The largest absolute Gasteiger partial charge is 0.360 e. The number of aromatic amines is 2. The Morgan fingerprint density at radius 1 is 0.944 bits per heavy atom. The first kappa shape index (κ1) is 10.5. The average Bonchev–Trinajstić information content (AvgIpc) is 3.08. The molecule has 5 nitrogen and oxygen atoms in total. The molecule has 0 fully saturated rings. The van der Waals surface area contributed by atoms with E-state index in [2.05, 4.69) is 25.1 Å². The number of pyridine rings is 2. The Labute approximate surface area is 103 Å². The summed E-state index contributed by atoms with van der Waals surface area (Å²) in [5, 5.41) is 7.63. The number of nitrogens with zero attached hydrogens (tertiary/aromatic N) is 3. The van der Waals surface area contributed by atoms with Crippen LogP contribution in [0.2, 0.25) is 0 Å². The van der Waals surface area contributed by atoms with Gasteiger partial charge in [0.1, 0.15) is 0 Å². The Balaban J connectivity index is 0.000000111. The van der Waals surface area contributed by atoms with Gasteiger partial charge in [0.05, 0.1) is 17.2 Å². The van der Waals surface area contributed by atoms with E-state index in [0.29, 0.717) is 0 Å². The standard InChI is InChI=1S/C7H6N2.C6H5N3/c1-2-6-7(8-4-1)3-5-9-6;1-2-5-4-8-9-6(5)7-3-1/h1-5,9H;1-4H,(H,7,8,9). The van der Waals surface area contributed by atoms with E-state index in [1.807, 2.05) is 36.5 Å². The molecule has 0 aliphatic rings. The van der Waals surface area contributed by atoms with Gasteiger partial charge in [-0.15, -0.1) is 0 Å². The molecule has 0 saturated carbocycles. The van der Waals surface area contributed by atoms with Crippen molar-refractivity contribution in [3.8, 4) is 0 Å². The zero-order chi connectivity index (χ0) is 12.2. The fourth-order valence-corrected chi connectivity index (χ4v) is 1.66. The van der Waals surface area contributed by atoms with Gasteiger partial charge in [-0.25, -0.2) is 4.98 Å². The minimum atomic E-state index is 0.845. The van der Waals surface area contributed by atoms with Gasteiger partial charge in [0.2, 0.25) is 0 Å². The Kier molecular flexibility index (Phi) is 2.71. The third-order valence-electron chi connectivity index (χ3n) is 2.53. The summed E-state index contributed by atoms with van der Waals surface area (Å²) in [6.07, 6.45) is 7.16. The summed E-state index contributed by atoms with van der Waals surface area (Å²) in [6.45, 7) is 0. The van der Waals surface area contributed by atoms with Gasteiger partial charge >= 0.3 is 0 Å². The molecule has 88 valence electrons. The molecule has 0 spiro atoms. The molecule has 0 bridgehead atoms. The first-order chi connectivity index (χ1) is 8.93. The molecule has 0 radical (unpaired) electrons. The normalized spacial score (nSPS) is 10.2. The monoisotopic (exact) mass is 237 g/mol. The zero-order valence-electron chi connectivity index (χ0n) is 9.54. The third kappa shape index (κ3) is 2.06. The van der Waals surface area contributed by atoms with Crippen LogP contribution in [0.15, 0.2) is 55.1 Å². The van der Waals surface area contributed by atoms with Crippen LogP contribution in [-0.2, 0) is 0 Å². The maximum absolute atomic E-state index is 4.11. The van der Waals surface area contributed by atoms with Crippen molar-refractivity contribution >= 4 is 22.1 Å². The van der Waals surface area contributed by atoms with Crippen molar-refractivity contribution in [2.24, 2.45) is 0 Å². The first-order valence-corrected chi connectivity index (χ1v) is 5.56. The molecule has 0 amide bonds. The van der Waals surface area contributed by atoms with Crippen LogP contribution in [0, 0.1) is 0 Å². The van der Waals surface area contributed by atoms with Crippen molar-refractivity contribution in [2.75, 3.05) is 0 Å². The summed E-state index contributed by atoms with van der Waals surface area (Å²) in [7, 11) is 0. The molecule has 18 heavy (non-hydrogen) atoms. The van der Waals surface area contributed by atoms with Crippen molar-refractivity contribution in [2.45, 2.75) is 0 Å². The van der Waals surface area contributed by atoms with E-state index in [1.165, 1.54) is 0 Å². The van der Waals surface area contributed by atoms with Crippen LogP contribution in [-0.4, -0.2) is 25.1 Å². The fourth-order valence-electron chi connectivity index (χ4n) is 1.66. The molecule has 0 aromatic carbocycles. The zero-order valence-corrected chi connectivity index (χ0v) is 9.54. The van der Waals surface area contributed by atoms with Gasteiger partial charge in [-0.3, -0.25) is 10.1 Å². The van der Waals surface area contributed by atoms with Crippen LogP contribution < -0.4 is 0 Å². The predicted octanol–water partition coefficient (Wildman–Crippen LogP) is 2.52.